The molecular formula is C16H25N3O2S. The van der Waals surface area contributed by atoms with E-state index >= 15 is 0 Å². The quantitative estimate of drug-likeness (QED) is 0.888. The van der Waals surface area contributed by atoms with Crippen LogP contribution in [-0.4, -0.2) is 68.2 Å². The van der Waals surface area contributed by atoms with Crippen molar-refractivity contribution >= 4 is 17.2 Å². The van der Waals surface area contributed by atoms with Crippen molar-refractivity contribution < 1.29 is 9.53 Å². The molecule has 2 saturated heterocycles. The zero-order chi connectivity index (χ0) is 15.4. The van der Waals surface area contributed by atoms with E-state index in [1.807, 2.05) is 0 Å². The van der Waals surface area contributed by atoms with Gasteiger partial charge in [0.25, 0.3) is 0 Å². The van der Waals surface area contributed by atoms with Gasteiger partial charge in [-0.3, -0.25) is 9.69 Å². The van der Waals surface area contributed by atoms with Crippen LogP contribution < -0.4 is 5.32 Å². The van der Waals surface area contributed by atoms with Gasteiger partial charge in [0, 0.05) is 44.2 Å². The van der Waals surface area contributed by atoms with Crippen molar-refractivity contribution in [2.24, 2.45) is 0 Å². The highest BCUT2D eigenvalue weighted by molar-refractivity contribution is 7.10. The van der Waals surface area contributed by atoms with Gasteiger partial charge < -0.3 is 15.0 Å². The number of thiophene rings is 1. The van der Waals surface area contributed by atoms with E-state index in [1.165, 1.54) is 4.88 Å². The smallest absolute Gasteiger partial charge is 0.249 e. The summed E-state index contributed by atoms with van der Waals surface area (Å²) in [5.41, 5.74) is 0. The Morgan fingerprint density at radius 1 is 1.45 bits per heavy atom. The first kappa shape index (κ1) is 15.9. The molecule has 1 aromatic rings. The van der Waals surface area contributed by atoms with Gasteiger partial charge in [-0.2, -0.15) is 0 Å². The van der Waals surface area contributed by atoms with Crippen LogP contribution in [-0.2, 0) is 9.53 Å². The summed E-state index contributed by atoms with van der Waals surface area (Å²) in [6.45, 7) is 5.65. The number of rotatable bonds is 5. The number of carbonyl (C=O) groups is 1. The summed E-state index contributed by atoms with van der Waals surface area (Å²) < 4.78 is 5.47. The Labute approximate surface area is 136 Å². The number of nitrogens with one attached hydrogen (secondary N) is 1. The van der Waals surface area contributed by atoms with Crippen LogP contribution in [0.15, 0.2) is 17.5 Å². The molecule has 1 aromatic heterocycles. The molecule has 22 heavy (non-hydrogen) atoms. The predicted molar refractivity (Wildman–Crippen MR) is 88.1 cm³/mol. The van der Waals surface area contributed by atoms with Crippen molar-refractivity contribution in [2.45, 2.75) is 25.0 Å². The second-order valence-corrected chi connectivity index (χ2v) is 7.10. The standard InChI is InChI=1S/C16H25N3O2S/c1-18-6-8-19(9-7-18)13(15-5-3-11-22-15)12-17-16(20)14-4-2-10-21-14/h3,5,11,13-14H,2,4,6-10,12H2,1H3,(H,17,20). The van der Waals surface area contributed by atoms with E-state index in [9.17, 15) is 4.79 Å². The number of amides is 1. The van der Waals surface area contributed by atoms with Gasteiger partial charge in [-0.1, -0.05) is 6.07 Å². The van der Waals surface area contributed by atoms with Crippen LogP contribution in [0.5, 0.6) is 0 Å². The lowest BCUT2D eigenvalue weighted by molar-refractivity contribution is -0.130. The zero-order valence-corrected chi connectivity index (χ0v) is 14.0. The Morgan fingerprint density at radius 3 is 2.91 bits per heavy atom. The normalized spacial score (nSPS) is 25.2. The molecule has 3 rings (SSSR count). The van der Waals surface area contributed by atoms with Crippen molar-refractivity contribution in [1.29, 1.82) is 0 Å². The topological polar surface area (TPSA) is 44.8 Å². The minimum Gasteiger partial charge on any atom is -0.368 e. The van der Waals surface area contributed by atoms with E-state index in [2.05, 4.69) is 39.7 Å². The summed E-state index contributed by atoms with van der Waals surface area (Å²) in [7, 11) is 2.16. The highest BCUT2D eigenvalue weighted by atomic mass is 32.1. The van der Waals surface area contributed by atoms with Gasteiger partial charge in [-0.05, 0) is 31.3 Å². The Bertz CT molecular complexity index is 466. The molecule has 1 amide bonds. The molecule has 0 aliphatic carbocycles. The van der Waals surface area contributed by atoms with Gasteiger partial charge in [0.15, 0.2) is 0 Å². The monoisotopic (exact) mass is 323 g/mol. The maximum atomic E-state index is 12.2. The largest absolute Gasteiger partial charge is 0.368 e. The third kappa shape index (κ3) is 3.87. The molecule has 0 radical (unpaired) electrons. The van der Waals surface area contributed by atoms with E-state index in [-0.39, 0.29) is 18.1 Å². The second-order valence-electron chi connectivity index (χ2n) is 6.12. The highest BCUT2D eigenvalue weighted by Crippen LogP contribution is 2.25. The predicted octanol–water partition coefficient (Wildman–Crippen LogP) is 1.33. The number of hydrogen-bond donors (Lipinski definition) is 1. The highest BCUT2D eigenvalue weighted by Gasteiger charge is 2.28. The molecule has 122 valence electrons. The van der Waals surface area contributed by atoms with Gasteiger partial charge in [-0.15, -0.1) is 11.3 Å². The molecule has 3 heterocycles. The SMILES string of the molecule is CN1CCN(C(CNC(=O)C2CCCO2)c2cccs2)CC1. The van der Waals surface area contributed by atoms with E-state index < -0.39 is 0 Å². The van der Waals surface area contributed by atoms with Gasteiger partial charge in [0.05, 0.1) is 6.04 Å². The molecule has 1 N–H and O–H groups in total. The van der Waals surface area contributed by atoms with Crippen molar-refractivity contribution in [1.82, 2.24) is 15.1 Å². The molecule has 6 heteroatoms. The third-order valence-corrected chi connectivity index (χ3v) is 5.52. The fourth-order valence-corrected chi connectivity index (χ4v) is 3.98. The molecule has 2 aliphatic rings. The van der Waals surface area contributed by atoms with E-state index in [0.717, 1.165) is 39.0 Å². The number of hydrogen-bond acceptors (Lipinski definition) is 5. The third-order valence-electron chi connectivity index (χ3n) is 4.54. The lowest BCUT2D eigenvalue weighted by Crippen LogP contribution is -2.49. The van der Waals surface area contributed by atoms with Crippen molar-refractivity contribution in [3.05, 3.63) is 22.4 Å². The van der Waals surface area contributed by atoms with Crippen LogP contribution in [0, 0.1) is 0 Å². The van der Waals surface area contributed by atoms with Gasteiger partial charge >= 0.3 is 0 Å². The van der Waals surface area contributed by atoms with Gasteiger partial charge in [0.2, 0.25) is 5.91 Å². The minimum absolute atomic E-state index is 0.0492. The number of nitrogens with zero attached hydrogens (tertiary/aromatic N) is 2. The Balaban J connectivity index is 1.60. The fourth-order valence-electron chi connectivity index (χ4n) is 3.12. The maximum absolute atomic E-state index is 12.2. The van der Waals surface area contributed by atoms with Crippen LogP contribution >= 0.6 is 11.3 Å². The summed E-state index contributed by atoms with van der Waals surface area (Å²) in [4.78, 5) is 18.4. The van der Waals surface area contributed by atoms with Crippen LogP contribution in [0.2, 0.25) is 0 Å². The summed E-state index contributed by atoms with van der Waals surface area (Å²) in [5, 5.41) is 5.22. The molecule has 2 unspecified atom stereocenters. The number of piperazine rings is 1. The van der Waals surface area contributed by atoms with Gasteiger partial charge in [-0.25, -0.2) is 0 Å². The molecule has 2 atom stereocenters. The summed E-state index contributed by atoms with van der Waals surface area (Å²) in [6, 6.07) is 4.54. The number of ether oxygens (including phenoxy) is 1. The summed E-state index contributed by atoms with van der Waals surface area (Å²) in [5.74, 6) is 0.0492. The summed E-state index contributed by atoms with van der Waals surface area (Å²) >= 11 is 1.77. The van der Waals surface area contributed by atoms with Crippen molar-refractivity contribution in [2.75, 3.05) is 46.4 Å². The van der Waals surface area contributed by atoms with Crippen molar-refractivity contribution in [3.8, 4) is 0 Å². The molecule has 2 aliphatic heterocycles. The number of carbonyl (C=O) groups excluding carboxylic acids is 1. The first-order chi connectivity index (χ1) is 10.7. The van der Waals surface area contributed by atoms with Crippen LogP contribution in [0.25, 0.3) is 0 Å². The Hall–Kier alpha value is -0.950. The fraction of sp³-hybridized carbons (Fsp3) is 0.688. The molecule has 0 bridgehead atoms. The number of likely N-dealkylation sites (N-methyl/N-ethyl adjacent to an activating group) is 1. The maximum Gasteiger partial charge on any atom is 0.249 e. The van der Waals surface area contributed by atoms with Crippen LogP contribution in [0.1, 0.15) is 23.8 Å². The molecular weight excluding hydrogens is 298 g/mol. The first-order valence-electron chi connectivity index (χ1n) is 8.09. The zero-order valence-electron chi connectivity index (χ0n) is 13.2. The molecule has 0 spiro atoms. The Morgan fingerprint density at radius 2 is 2.27 bits per heavy atom. The second kappa shape index (κ2) is 7.55. The molecule has 5 nitrogen and oxygen atoms in total. The van der Waals surface area contributed by atoms with Crippen LogP contribution in [0.4, 0.5) is 0 Å². The summed E-state index contributed by atoms with van der Waals surface area (Å²) in [6.07, 6.45) is 1.60. The molecule has 0 saturated carbocycles. The average Bonchev–Trinajstić information content (AvgIpc) is 3.22. The van der Waals surface area contributed by atoms with E-state index in [4.69, 9.17) is 4.74 Å². The lowest BCUT2D eigenvalue weighted by atomic mass is 10.1. The van der Waals surface area contributed by atoms with E-state index in [0.29, 0.717) is 13.2 Å². The minimum atomic E-state index is -0.239. The Kier molecular flexibility index (Phi) is 5.46. The van der Waals surface area contributed by atoms with Gasteiger partial charge in [0.1, 0.15) is 6.10 Å². The van der Waals surface area contributed by atoms with Crippen LogP contribution in [0.3, 0.4) is 0 Å². The lowest BCUT2D eigenvalue weighted by Gasteiger charge is -2.37. The molecule has 0 aromatic carbocycles. The average molecular weight is 323 g/mol. The first-order valence-corrected chi connectivity index (χ1v) is 8.97. The van der Waals surface area contributed by atoms with E-state index in [1.54, 1.807) is 11.3 Å². The molecule has 2 fully saturated rings. The van der Waals surface area contributed by atoms with Crippen molar-refractivity contribution in [3.63, 3.8) is 0 Å².